The summed E-state index contributed by atoms with van der Waals surface area (Å²) in [6.07, 6.45) is -0.230. The molecular formula is C15H10F3NO2. The maximum absolute atomic E-state index is 12.5. The van der Waals surface area contributed by atoms with Crippen molar-refractivity contribution in [1.29, 1.82) is 0 Å². The summed E-state index contributed by atoms with van der Waals surface area (Å²) in [6.45, 7) is 0. The van der Waals surface area contributed by atoms with E-state index in [-0.39, 0.29) is 5.57 Å². The SMILES string of the molecule is O=C(O)/C(=C/c1ccc(C(F)(F)F)cc1)c1cccnc1. The van der Waals surface area contributed by atoms with Crippen molar-refractivity contribution in [2.24, 2.45) is 0 Å². The second kappa shape index (κ2) is 5.78. The molecule has 108 valence electrons. The Morgan fingerprint density at radius 1 is 1.14 bits per heavy atom. The number of nitrogens with zero attached hydrogens (tertiary/aromatic N) is 1. The van der Waals surface area contributed by atoms with Gasteiger partial charge in [-0.1, -0.05) is 18.2 Å². The molecule has 0 spiro atoms. The molecule has 0 aliphatic heterocycles. The van der Waals surface area contributed by atoms with Crippen LogP contribution in [0.5, 0.6) is 0 Å². The summed E-state index contributed by atoms with van der Waals surface area (Å²) in [5.41, 5.74) is -0.0742. The van der Waals surface area contributed by atoms with Gasteiger partial charge in [0, 0.05) is 18.0 Å². The van der Waals surface area contributed by atoms with Crippen molar-refractivity contribution in [3.05, 3.63) is 65.5 Å². The minimum Gasteiger partial charge on any atom is -0.478 e. The Morgan fingerprint density at radius 3 is 2.29 bits per heavy atom. The van der Waals surface area contributed by atoms with Crippen LogP contribution in [0.25, 0.3) is 11.6 Å². The number of carbonyl (C=O) groups is 1. The lowest BCUT2D eigenvalue weighted by Crippen LogP contribution is -2.04. The van der Waals surface area contributed by atoms with E-state index in [1.54, 1.807) is 12.1 Å². The molecule has 21 heavy (non-hydrogen) atoms. The predicted molar refractivity (Wildman–Crippen MR) is 71.2 cm³/mol. The van der Waals surface area contributed by atoms with Gasteiger partial charge in [0.1, 0.15) is 0 Å². The minimum absolute atomic E-state index is 0.0390. The molecule has 1 aromatic heterocycles. The molecule has 3 nitrogen and oxygen atoms in total. The van der Waals surface area contributed by atoms with Crippen molar-refractivity contribution in [1.82, 2.24) is 4.98 Å². The molecule has 1 N–H and O–H groups in total. The second-order valence-corrected chi connectivity index (χ2v) is 4.22. The van der Waals surface area contributed by atoms with E-state index in [4.69, 9.17) is 0 Å². The van der Waals surface area contributed by atoms with Crippen molar-refractivity contribution in [2.45, 2.75) is 6.18 Å². The first kappa shape index (κ1) is 14.8. The lowest BCUT2D eigenvalue weighted by Gasteiger charge is -2.07. The van der Waals surface area contributed by atoms with Gasteiger partial charge >= 0.3 is 12.1 Å². The summed E-state index contributed by atoms with van der Waals surface area (Å²) in [4.78, 5) is 15.1. The van der Waals surface area contributed by atoms with Crippen molar-refractivity contribution in [3.8, 4) is 0 Å². The number of aromatic nitrogens is 1. The summed E-state index contributed by atoms with van der Waals surface area (Å²) in [7, 11) is 0. The van der Waals surface area contributed by atoms with Crippen LogP contribution in [-0.2, 0) is 11.0 Å². The average Bonchev–Trinajstić information content (AvgIpc) is 2.45. The highest BCUT2D eigenvalue weighted by Crippen LogP contribution is 2.29. The Bertz CT molecular complexity index is 662. The first-order valence-corrected chi connectivity index (χ1v) is 5.90. The Labute approximate surface area is 118 Å². The lowest BCUT2D eigenvalue weighted by atomic mass is 10.0. The van der Waals surface area contributed by atoms with Gasteiger partial charge in [0.2, 0.25) is 0 Å². The molecule has 0 saturated heterocycles. The van der Waals surface area contributed by atoms with Crippen molar-refractivity contribution >= 4 is 17.6 Å². The van der Waals surface area contributed by atoms with Gasteiger partial charge in [-0.2, -0.15) is 13.2 Å². The highest BCUT2D eigenvalue weighted by molar-refractivity contribution is 6.20. The van der Waals surface area contributed by atoms with Gasteiger partial charge in [0.25, 0.3) is 0 Å². The number of aliphatic carboxylic acids is 1. The number of hydrogen-bond donors (Lipinski definition) is 1. The van der Waals surface area contributed by atoms with Crippen LogP contribution >= 0.6 is 0 Å². The van der Waals surface area contributed by atoms with Gasteiger partial charge in [0.05, 0.1) is 11.1 Å². The standard InChI is InChI=1S/C15H10F3NO2/c16-15(17,18)12-5-3-10(4-6-12)8-13(14(20)21)11-2-1-7-19-9-11/h1-9H,(H,20,21)/b13-8+. The molecule has 0 radical (unpaired) electrons. The van der Waals surface area contributed by atoms with Gasteiger partial charge in [-0.15, -0.1) is 0 Å². The number of hydrogen-bond acceptors (Lipinski definition) is 2. The minimum atomic E-state index is -4.42. The normalized spacial score (nSPS) is 12.2. The van der Waals surface area contributed by atoms with Crippen molar-refractivity contribution in [3.63, 3.8) is 0 Å². The van der Waals surface area contributed by atoms with Crippen molar-refractivity contribution in [2.75, 3.05) is 0 Å². The number of carboxylic acids is 1. The molecule has 0 bridgehead atoms. The highest BCUT2D eigenvalue weighted by atomic mass is 19.4. The third-order valence-electron chi connectivity index (χ3n) is 2.75. The Morgan fingerprint density at radius 2 is 1.81 bits per heavy atom. The zero-order chi connectivity index (χ0) is 15.5. The van der Waals surface area contributed by atoms with Crippen LogP contribution in [0.15, 0.2) is 48.8 Å². The molecule has 2 rings (SSSR count). The topological polar surface area (TPSA) is 50.2 Å². The van der Waals surface area contributed by atoms with Crippen LogP contribution in [0, 0.1) is 0 Å². The molecule has 0 amide bonds. The molecule has 6 heteroatoms. The molecule has 0 aliphatic carbocycles. The third kappa shape index (κ3) is 3.68. The second-order valence-electron chi connectivity index (χ2n) is 4.22. The van der Waals surface area contributed by atoms with E-state index >= 15 is 0 Å². The fraction of sp³-hybridized carbons (Fsp3) is 0.0667. The van der Waals surface area contributed by atoms with E-state index in [0.717, 1.165) is 12.1 Å². The van der Waals surface area contributed by atoms with E-state index < -0.39 is 17.7 Å². The van der Waals surface area contributed by atoms with Crippen LogP contribution < -0.4 is 0 Å². The van der Waals surface area contributed by atoms with Crippen LogP contribution in [-0.4, -0.2) is 16.1 Å². The van der Waals surface area contributed by atoms with Gasteiger partial charge in [0.15, 0.2) is 0 Å². The average molecular weight is 293 g/mol. The molecule has 1 heterocycles. The summed E-state index contributed by atoms with van der Waals surface area (Å²) in [5, 5.41) is 9.20. The third-order valence-corrected chi connectivity index (χ3v) is 2.75. The van der Waals surface area contributed by atoms with E-state index in [2.05, 4.69) is 4.98 Å². The summed E-state index contributed by atoms with van der Waals surface area (Å²) >= 11 is 0. The molecule has 2 aromatic rings. The quantitative estimate of drug-likeness (QED) is 0.877. The van der Waals surface area contributed by atoms with Crippen LogP contribution in [0.2, 0.25) is 0 Å². The predicted octanol–water partition coefficient (Wildman–Crippen LogP) is 3.73. The van der Waals surface area contributed by atoms with Crippen LogP contribution in [0.3, 0.4) is 0 Å². The Hall–Kier alpha value is -2.63. The first-order valence-electron chi connectivity index (χ1n) is 5.90. The first-order chi connectivity index (χ1) is 9.88. The van der Waals surface area contributed by atoms with E-state index in [1.807, 2.05) is 0 Å². The highest BCUT2D eigenvalue weighted by Gasteiger charge is 2.29. The fourth-order valence-electron chi connectivity index (χ4n) is 1.73. The number of benzene rings is 1. The molecule has 0 saturated carbocycles. The summed E-state index contributed by atoms with van der Waals surface area (Å²) in [5.74, 6) is -1.18. The summed E-state index contributed by atoms with van der Waals surface area (Å²) in [6, 6.07) is 7.42. The van der Waals surface area contributed by atoms with Crippen LogP contribution in [0.1, 0.15) is 16.7 Å². The number of alkyl halides is 3. The van der Waals surface area contributed by atoms with Gasteiger partial charge in [-0.3, -0.25) is 4.98 Å². The number of carboxylic acid groups (broad SMARTS) is 1. The van der Waals surface area contributed by atoms with Crippen LogP contribution in [0.4, 0.5) is 13.2 Å². The zero-order valence-electron chi connectivity index (χ0n) is 10.6. The molecule has 1 aromatic carbocycles. The van der Waals surface area contributed by atoms with E-state index in [9.17, 15) is 23.1 Å². The van der Waals surface area contributed by atoms with Gasteiger partial charge in [-0.05, 0) is 29.8 Å². The van der Waals surface area contributed by atoms with Crippen molar-refractivity contribution < 1.29 is 23.1 Å². The maximum atomic E-state index is 12.5. The smallest absolute Gasteiger partial charge is 0.416 e. The van der Waals surface area contributed by atoms with E-state index in [0.29, 0.717) is 11.1 Å². The van der Waals surface area contributed by atoms with Gasteiger partial charge in [-0.25, -0.2) is 4.79 Å². The largest absolute Gasteiger partial charge is 0.478 e. The molecule has 0 fully saturated rings. The molecule has 0 atom stereocenters. The molecular weight excluding hydrogens is 283 g/mol. The lowest BCUT2D eigenvalue weighted by molar-refractivity contribution is -0.137. The number of halogens is 3. The monoisotopic (exact) mass is 293 g/mol. The molecule has 0 aliphatic rings. The van der Waals surface area contributed by atoms with Gasteiger partial charge < -0.3 is 5.11 Å². The summed E-state index contributed by atoms with van der Waals surface area (Å²) < 4.78 is 37.4. The Balaban J connectivity index is 2.38. The number of pyridine rings is 1. The fourth-order valence-corrected chi connectivity index (χ4v) is 1.73. The van der Waals surface area contributed by atoms with E-state index in [1.165, 1.54) is 30.6 Å². The Kier molecular flexibility index (Phi) is 4.07. The zero-order valence-corrected chi connectivity index (χ0v) is 10.6. The number of rotatable bonds is 3. The molecule has 0 unspecified atom stereocenters. The maximum Gasteiger partial charge on any atom is 0.416 e.